The molecule has 0 nitrogen and oxygen atoms in total. The molecule has 3 heteroatoms. The number of hydrogen-bond donors (Lipinski definition) is 0. The molecule has 0 bridgehead atoms. The van der Waals surface area contributed by atoms with Gasteiger partial charge in [-0.3, -0.25) is 0 Å². The zero-order chi connectivity index (χ0) is 27.6. The number of benzene rings is 4. The van der Waals surface area contributed by atoms with Crippen molar-refractivity contribution >= 4 is 33.7 Å². The van der Waals surface area contributed by atoms with E-state index in [4.69, 9.17) is 0 Å². The van der Waals surface area contributed by atoms with Gasteiger partial charge in [0.2, 0.25) is 0 Å². The zero-order valence-electron chi connectivity index (χ0n) is 25.7. The van der Waals surface area contributed by atoms with Crippen molar-refractivity contribution < 1.29 is 45.1 Å². The minimum Gasteiger partial charge on any atom is -1.00 e. The van der Waals surface area contributed by atoms with Gasteiger partial charge in [0.05, 0.1) is 0 Å². The maximum atomic E-state index is 2.73. The van der Waals surface area contributed by atoms with Crippen LogP contribution in [0, 0.1) is 0 Å². The first kappa shape index (κ1) is 31.3. The Balaban J connectivity index is 0.00000165. The molecular weight excluding hydrogens is 643 g/mol. The Morgan fingerprint density at radius 1 is 0.581 bits per heavy atom. The average molecular weight is 687 g/mol. The SMILES string of the molecule is CCCCC1=Cc2c(ccc3ccccc23)[CH]1[Zr+2]1([CH]2C(CCCC)=Cc3c2ccc2ccccc32)[CH]2CCCC[CH]21.[Cl-].[Cl-]. The molecule has 4 aromatic carbocycles. The molecule has 2 fully saturated rings. The third kappa shape index (κ3) is 4.78. The summed E-state index contributed by atoms with van der Waals surface area (Å²) in [7, 11) is 0. The second-order valence-electron chi connectivity index (χ2n) is 13.6. The number of halogens is 2. The molecule has 3 aliphatic carbocycles. The number of hydrogen-bond acceptors (Lipinski definition) is 0. The van der Waals surface area contributed by atoms with Gasteiger partial charge >= 0.3 is 253 Å². The quantitative estimate of drug-likeness (QED) is 0.205. The summed E-state index contributed by atoms with van der Waals surface area (Å²) in [6.07, 6.45) is 19.3. The molecule has 1 saturated carbocycles. The topological polar surface area (TPSA) is 0 Å². The van der Waals surface area contributed by atoms with E-state index in [0.29, 0.717) is 0 Å². The minimum atomic E-state index is -2.92. The molecule has 0 radical (unpaired) electrons. The molecule has 1 saturated heterocycles. The first-order valence-electron chi connectivity index (χ1n) is 16.7. The Morgan fingerprint density at radius 2 is 1.02 bits per heavy atom. The van der Waals surface area contributed by atoms with E-state index in [1.165, 1.54) is 85.8 Å². The Hall–Kier alpha value is -1.66. The van der Waals surface area contributed by atoms with E-state index in [0.717, 1.165) is 14.5 Å². The van der Waals surface area contributed by atoms with Crippen LogP contribution < -0.4 is 24.8 Å². The van der Waals surface area contributed by atoms with Crippen molar-refractivity contribution in [2.75, 3.05) is 0 Å². The van der Waals surface area contributed by atoms with E-state index in [1.807, 2.05) is 11.1 Å². The van der Waals surface area contributed by atoms with Crippen LogP contribution in [0.25, 0.3) is 33.7 Å². The summed E-state index contributed by atoms with van der Waals surface area (Å²) in [6, 6.07) is 28.5. The fraction of sp³-hybridized carbons (Fsp3) is 0.400. The van der Waals surface area contributed by atoms with E-state index in [-0.39, 0.29) is 24.8 Å². The fourth-order valence-electron chi connectivity index (χ4n) is 10.0. The molecule has 4 aliphatic rings. The van der Waals surface area contributed by atoms with Crippen molar-refractivity contribution in [3.8, 4) is 0 Å². The summed E-state index contributed by atoms with van der Waals surface area (Å²) in [4.78, 5) is 0. The molecule has 0 amide bonds. The third-order valence-electron chi connectivity index (χ3n) is 11.6. The van der Waals surface area contributed by atoms with Crippen molar-refractivity contribution in [2.24, 2.45) is 0 Å². The van der Waals surface area contributed by atoms with Crippen molar-refractivity contribution in [2.45, 2.75) is 92.6 Å². The van der Waals surface area contributed by atoms with Crippen LogP contribution in [0.3, 0.4) is 0 Å². The number of fused-ring (bicyclic) bond motifs is 7. The van der Waals surface area contributed by atoms with Crippen LogP contribution in [-0.4, -0.2) is 0 Å². The summed E-state index contributed by atoms with van der Waals surface area (Å²) in [5, 5.41) is 5.81. The monoisotopic (exact) mass is 684 g/mol. The normalized spacial score (nSPS) is 25.1. The minimum absolute atomic E-state index is 0. The largest absolute Gasteiger partial charge is 1.00 e. The molecule has 8 rings (SSSR count). The van der Waals surface area contributed by atoms with Crippen LogP contribution in [0.15, 0.2) is 83.9 Å². The van der Waals surface area contributed by atoms with Crippen molar-refractivity contribution in [3.63, 3.8) is 0 Å². The average Bonchev–Trinajstić information content (AvgIpc) is 3.31. The van der Waals surface area contributed by atoms with Gasteiger partial charge in [-0.1, -0.05) is 0 Å². The van der Waals surface area contributed by atoms with Gasteiger partial charge < -0.3 is 24.8 Å². The van der Waals surface area contributed by atoms with Gasteiger partial charge in [-0.25, -0.2) is 0 Å². The van der Waals surface area contributed by atoms with E-state index in [2.05, 4.69) is 98.8 Å². The molecule has 4 atom stereocenters. The summed E-state index contributed by atoms with van der Waals surface area (Å²) in [5.74, 6) is 0. The number of rotatable bonds is 8. The second kappa shape index (κ2) is 12.6. The summed E-state index contributed by atoms with van der Waals surface area (Å²) >= 11 is -2.92. The predicted molar refractivity (Wildman–Crippen MR) is 174 cm³/mol. The molecular formula is C40H44Cl2Zr. The fourth-order valence-corrected chi connectivity index (χ4v) is 33.2. The smallest absolute Gasteiger partial charge is 1.00 e. The summed E-state index contributed by atoms with van der Waals surface area (Å²) in [5.41, 5.74) is 10.3. The Morgan fingerprint density at radius 3 is 1.47 bits per heavy atom. The Kier molecular flexibility index (Phi) is 9.20. The van der Waals surface area contributed by atoms with Crippen LogP contribution in [0.2, 0.25) is 7.25 Å². The maximum absolute atomic E-state index is 2.92. The first-order valence-corrected chi connectivity index (χ1v) is 22.4. The molecule has 43 heavy (non-hydrogen) atoms. The van der Waals surface area contributed by atoms with E-state index in [1.54, 1.807) is 22.3 Å². The number of allylic oxidation sites excluding steroid dienone is 2. The molecule has 4 unspecified atom stereocenters. The van der Waals surface area contributed by atoms with Gasteiger partial charge in [0.15, 0.2) is 0 Å². The van der Waals surface area contributed by atoms with Crippen molar-refractivity contribution in [1.29, 1.82) is 0 Å². The summed E-state index contributed by atoms with van der Waals surface area (Å²) < 4.78 is 3.63. The number of unbranched alkanes of at least 4 members (excludes halogenated alkanes) is 2. The molecule has 222 valence electrons. The van der Waals surface area contributed by atoms with Crippen LogP contribution >= 0.6 is 0 Å². The maximum Gasteiger partial charge on any atom is -1.00 e. The molecule has 4 aromatic rings. The van der Waals surface area contributed by atoms with Gasteiger partial charge in [-0.15, -0.1) is 0 Å². The van der Waals surface area contributed by atoms with Gasteiger partial charge in [-0.05, 0) is 0 Å². The standard InChI is InChI=1S/2C17H17.C6H10.2ClH.Zr/c2*1-2-3-6-13-11-15-10-9-14-7-4-5-8-16(14)17(15)12-13;1-2-4-6-5-3-1;;;/h2*4-5,7-12H,2-3,6H2,1H3;1-2H,3-6H2;2*1H;/q;;;;;+2/p-2. The van der Waals surface area contributed by atoms with Crippen molar-refractivity contribution in [1.82, 2.24) is 0 Å². The Labute approximate surface area is 275 Å². The third-order valence-corrected chi connectivity index (χ3v) is 28.6. The van der Waals surface area contributed by atoms with Gasteiger partial charge in [0.1, 0.15) is 0 Å². The van der Waals surface area contributed by atoms with Crippen LogP contribution in [0.4, 0.5) is 0 Å². The molecule has 1 aliphatic heterocycles. The Bertz CT molecular complexity index is 1590. The second-order valence-corrected chi connectivity index (χ2v) is 25.0. The van der Waals surface area contributed by atoms with E-state index < -0.39 is 20.3 Å². The molecule has 1 heterocycles. The van der Waals surface area contributed by atoms with Crippen LogP contribution in [0.1, 0.15) is 108 Å². The van der Waals surface area contributed by atoms with Gasteiger partial charge in [0.25, 0.3) is 0 Å². The molecule has 0 aromatic heterocycles. The summed E-state index contributed by atoms with van der Waals surface area (Å²) in [6.45, 7) is 4.76. The predicted octanol–water partition coefficient (Wildman–Crippen LogP) is 6.28. The van der Waals surface area contributed by atoms with E-state index in [9.17, 15) is 0 Å². The van der Waals surface area contributed by atoms with Crippen LogP contribution in [-0.2, 0) is 20.3 Å². The first-order chi connectivity index (χ1) is 20.3. The molecule has 0 spiro atoms. The molecule has 0 N–H and O–H groups in total. The zero-order valence-corrected chi connectivity index (χ0v) is 29.7. The van der Waals surface area contributed by atoms with Gasteiger partial charge in [0, 0.05) is 0 Å². The van der Waals surface area contributed by atoms with Crippen molar-refractivity contribution in [3.05, 3.63) is 106 Å². The van der Waals surface area contributed by atoms with E-state index >= 15 is 0 Å². The van der Waals surface area contributed by atoms with Gasteiger partial charge in [-0.2, -0.15) is 0 Å². The van der Waals surface area contributed by atoms with Crippen LogP contribution in [0.5, 0.6) is 0 Å².